The number of imidazole rings is 1. The number of alkyl halides is 1. The highest BCUT2D eigenvalue weighted by Gasteiger charge is 2.10. The van der Waals surface area contributed by atoms with Gasteiger partial charge in [-0.3, -0.25) is 0 Å². The van der Waals surface area contributed by atoms with Gasteiger partial charge in [-0.1, -0.05) is 22.0 Å². The summed E-state index contributed by atoms with van der Waals surface area (Å²) in [6.07, 6.45) is 4.78. The molecule has 2 rings (SSSR count). The molecule has 1 aromatic carbocycles. The number of benzene rings is 1. The SMILES string of the molecule is Fc1ccc(CC(Br)Cc2ncc[nH]2)cc1F. The fraction of sp³-hybridized carbons (Fsp3) is 0.250. The van der Waals surface area contributed by atoms with Gasteiger partial charge in [0.05, 0.1) is 0 Å². The molecular formula is C12H11BrF2N2. The van der Waals surface area contributed by atoms with E-state index >= 15 is 0 Å². The lowest BCUT2D eigenvalue weighted by atomic mass is 10.1. The van der Waals surface area contributed by atoms with Crippen LogP contribution in [-0.2, 0) is 12.8 Å². The zero-order valence-electron chi connectivity index (χ0n) is 8.96. The molecule has 2 nitrogen and oxygen atoms in total. The van der Waals surface area contributed by atoms with Crippen LogP contribution < -0.4 is 0 Å². The van der Waals surface area contributed by atoms with Crippen LogP contribution in [-0.4, -0.2) is 14.8 Å². The summed E-state index contributed by atoms with van der Waals surface area (Å²) in [5, 5.41) is 0. The highest BCUT2D eigenvalue weighted by atomic mass is 79.9. The molecule has 0 amide bonds. The number of hydrogen-bond donors (Lipinski definition) is 1. The number of aromatic amines is 1. The first-order valence-electron chi connectivity index (χ1n) is 5.21. The van der Waals surface area contributed by atoms with E-state index in [0.29, 0.717) is 12.8 Å². The largest absolute Gasteiger partial charge is 0.349 e. The quantitative estimate of drug-likeness (QED) is 0.863. The van der Waals surface area contributed by atoms with E-state index in [9.17, 15) is 8.78 Å². The van der Waals surface area contributed by atoms with Crippen molar-refractivity contribution in [1.82, 2.24) is 9.97 Å². The molecule has 0 bridgehead atoms. The Kier molecular flexibility index (Phi) is 3.89. The topological polar surface area (TPSA) is 28.7 Å². The Morgan fingerprint density at radius 3 is 2.71 bits per heavy atom. The minimum atomic E-state index is -0.814. The van der Waals surface area contributed by atoms with Gasteiger partial charge in [-0.2, -0.15) is 0 Å². The third-order valence-electron chi connectivity index (χ3n) is 2.41. The predicted molar refractivity (Wildman–Crippen MR) is 65.1 cm³/mol. The van der Waals surface area contributed by atoms with E-state index in [2.05, 4.69) is 25.9 Å². The zero-order valence-corrected chi connectivity index (χ0v) is 10.5. The summed E-state index contributed by atoms with van der Waals surface area (Å²) in [4.78, 5) is 7.25. The van der Waals surface area contributed by atoms with Gasteiger partial charge in [-0.25, -0.2) is 13.8 Å². The van der Waals surface area contributed by atoms with Gasteiger partial charge >= 0.3 is 0 Å². The molecule has 1 N–H and O–H groups in total. The fourth-order valence-electron chi connectivity index (χ4n) is 1.61. The van der Waals surface area contributed by atoms with Crippen molar-refractivity contribution in [3.8, 4) is 0 Å². The number of rotatable bonds is 4. The van der Waals surface area contributed by atoms with Crippen LogP contribution in [0.4, 0.5) is 8.78 Å². The van der Waals surface area contributed by atoms with Crippen LogP contribution in [0.5, 0.6) is 0 Å². The van der Waals surface area contributed by atoms with Crippen molar-refractivity contribution in [2.75, 3.05) is 0 Å². The molecule has 0 saturated carbocycles. The van der Waals surface area contributed by atoms with Gasteiger partial charge in [0.2, 0.25) is 0 Å². The normalized spacial score (nSPS) is 12.6. The standard InChI is InChI=1S/C12H11BrF2N2/c13-9(7-12-16-3-4-17-12)5-8-1-2-10(14)11(15)6-8/h1-4,6,9H,5,7H2,(H,16,17). The van der Waals surface area contributed by atoms with Crippen molar-refractivity contribution in [3.05, 3.63) is 53.6 Å². The predicted octanol–water partition coefficient (Wildman–Crippen LogP) is 3.24. The van der Waals surface area contributed by atoms with Crippen LogP contribution in [0.3, 0.4) is 0 Å². The average molecular weight is 301 g/mol. The van der Waals surface area contributed by atoms with Crippen molar-refractivity contribution in [2.24, 2.45) is 0 Å². The van der Waals surface area contributed by atoms with Crippen molar-refractivity contribution in [2.45, 2.75) is 17.7 Å². The van der Waals surface area contributed by atoms with Gasteiger partial charge in [0.1, 0.15) is 5.82 Å². The van der Waals surface area contributed by atoms with Crippen molar-refractivity contribution in [1.29, 1.82) is 0 Å². The summed E-state index contributed by atoms with van der Waals surface area (Å²) < 4.78 is 25.7. The first-order valence-corrected chi connectivity index (χ1v) is 6.13. The van der Waals surface area contributed by atoms with E-state index in [0.717, 1.165) is 17.5 Å². The molecule has 0 fully saturated rings. The summed E-state index contributed by atoms with van der Waals surface area (Å²) in [7, 11) is 0. The summed E-state index contributed by atoms with van der Waals surface area (Å²) >= 11 is 3.50. The molecule has 0 saturated heterocycles. The van der Waals surface area contributed by atoms with Crippen LogP contribution in [0.2, 0.25) is 0 Å². The lowest BCUT2D eigenvalue weighted by molar-refractivity contribution is 0.507. The molecular weight excluding hydrogens is 290 g/mol. The first kappa shape index (κ1) is 12.2. The van der Waals surface area contributed by atoms with Crippen LogP contribution in [0.25, 0.3) is 0 Å². The van der Waals surface area contributed by atoms with E-state index in [4.69, 9.17) is 0 Å². The van der Waals surface area contributed by atoms with Gasteiger partial charge in [0.25, 0.3) is 0 Å². The van der Waals surface area contributed by atoms with E-state index in [-0.39, 0.29) is 4.83 Å². The summed E-state index contributed by atoms with van der Waals surface area (Å²) in [5.74, 6) is -0.749. The highest BCUT2D eigenvalue weighted by molar-refractivity contribution is 9.09. The van der Waals surface area contributed by atoms with Crippen molar-refractivity contribution < 1.29 is 8.78 Å². The Labute approximate surface area is 106 Å². The maximum absolute atomic E-state index is 13.0. The summed E-state index contributed by atoms with van der Waals surface area (Å²) in [6.45, 7) is 0. The van der Waals surface area contributed by atoms with Gasteiger partial charge in [0.15, 0.2) is 11.6 Å². The number of H-pyrrole nitrogens is 1. The molecule has 1 unspecified atom stereocenters. The molecule has 1 atom stereocenters. The number of nitrogens with one attached hydrogen (secondary N) is 1. The van der Waals surface area contributed by atoms with E-state index in [1.54, 1.807) is 18.5 Å². The Hall–Kier alpha value is -1.23. The second kappa shape index (κ2) is 5.40. The molecule has 0 aliphatic heterocycles. The zero-order chi connectivity index (χ0) is 12.3. The second-order valence-electron chi connectivity index (χ2n) is 3.79. The number of halogens is 3. The number of aromatic nitrogens is 2. The van der Waals surface area contributed by atoms with E-state index < -0.39 is 11.6 Å². The molecule has 17 heavy (non-hydrogen) atoms. The lowest BCUT2D eigenvalue weighted by Crippen LogP contribution is -2.08. The van der Waals surface area contributed by atoms with Crippen LogP contribution in [0.15, 0.2) is 30.6 Å². The summed E-state index contributed by atoms with van der Waals surface area (Å²) in [5.41, 5.74) is 0.761. The lowest BCUT2D eigenvalue weighted by Gasteiger charge is -2.08. The third-order valence-corrected chi connectivity index (χ3v) is 3.06. The second-order valence-corrected chi connectivity index (χ2v) is 5.08. The minimum Gasteiger partial charge on any atom is -0.349 e. The van der Waals surface area contributed by atoms with E-state index in [1.807, 2.05) is 0 Å². The molecule has 2 aromatic rings. The molecule has 0 radical (unpaired) electrons. The summed E-state index contributed by atoms with van der Waals surface area (Å²) in [6, 6.07) is 3.97. The van der Waals surface area contributed by atoms with Gasteiger partial charge in [0, 0.05) is 23.6 Å². The Balaban J connectivity index is 1.98. The molecule has 0 spiro atoms. The maximum Gasteiger partial charge on any atom is 0.159 e. The highest BCUT2D eigenvalue weighted by Crippen LogP contribution is 2.16. The smallest absolute Gasteiger partial charge is 0.159 e. The van der Waals surface area contributed by atoms with Gasteiger partial charge in [-0.15, -0.1) is 0 Å². The number of nitrogens with zero attached hydrogens (tertiary/aromatic N) is 1. The minimum absolute atomic E-state index is 0.138. The van der Waals surface area contributed by atoms with Gasteiger partial charge < -0.3 is 4.98 Å². The van der Waals surface area contributed by atoms with Crippen LogP contribution in [0, 0.1) is 11.6 Å². The molecule has 1 aromatic heterocycles. The van der Waals surface area contributed by atoms with Crippen molar-refractivity contribution in [3.63, 3.8) is 0 Å². The first-order chi connectivity index (χ1) is 8.15. The van der Waals surface area contributed by atoms with Gasteiger partial charge in [-0.05, 0) is 24.1 Å². The van der Waals surface area contributed by atoms with E-state index in [1.165, 1.54) is 6.07 Å². The fourth-order valence-corrected chi connectivity index (χ4v) is 2.29. The molecule has 1 heterocycles. The average Bonchev–Trinajstić information content (AvgIpc) is 2.76. The maximum atomic E-state index is 13.0. The number of hydrogen-bond acceptors (Lipinski definition) is 1. The molecule has 0 aliphatic carbocycles. The Morgan fingerprint density at radius 1 is 1.24 bits per heavy atom. The third kappa shape index (κ3) is 3.36. The van der Waals surface area contributed by atoms with Crippen LogP contribution >= 0.6 is 15.9 Å². The molecule has 90 valence electrons. The monoisotopic (exact) mass is 300 g/mol. The molecule has 5 heteroatoms. The van der Waals surface area contributed by atoms with Crippen LogP contribution in [0.1, 0.15) is 11.4 Å². The van der Waals surface area contributed by atoms with Crippen molar-refractivity contribution >= 4 is 15.9 Å². The molecule has 0 aliphatic rings. The Morgan fingerprint density at radius 2 is 2.06 bits per heavy atom. The Bertz CT molecular complexity index is 485.